The Morgan fingerprint density at radius 2 is 1.90 bits per heavy atom. The number of nitrogens with two attached hydrogens (primary N) is 1. The maximum atomic E-state index is 11.6. The highest BCUT2D eigenvalue weighted by Gasteiger charge is 2.24. The van der Waals surface area contributed by atoms with Gasteiger partial charge in [0.05, 0.1) is 4.90 Å². The highest BCUT2D eigenvalue weighted by molar-refractivity contribution is 7.89. The van der Waals surface area contributed by atoms with Crippen molar-refractivity contribution in [1.82, 2.24) is 0 Å². The van der Waals surface area contributed by atoms with Crippen molar-refractivity contribution in [2.24, 2.45) is 5.14 Å². The molecule has 0 spiro atoms. The second-order valence-electron chi connectivity index (χ2n) is 5.80. The molecule has 0 amide bonds. The number of nitrogens with zero attached hydrogens (tertiary/aromatic N) is 1. The van der Waals surface area contributed by atoms with Gasteiger partial charge in [0.1, 0.15) is 11.8 Å². The number of rotatable bonds is 3. The fourth-order valence-electron chi connectivity index (χ4n) is 1.87. The second kappa shape index (κ2) is 5.43. The number of sulfonamides is 1. The van der Waals surface area contributed by atoms with Gasteiger partial charge in [0, 0.05) is 5.56 Å². The molecule has 0 heterocycles. The Labute approximate surface area is 120 Å². The minimum absolute atomic E-state index is 0.0828. The molecule has 1 atom stereocenters. The van der Waals surface area contributed by atoms with Gasteiger partial charge in [-0.1, -0.05) is 20.8 Å². The standard InChI is InChI=1S/C14H20N2O3S/c1-9-6-12(19-10(2)8-15)11(14(3,4)5)7-13(9)20(16,17)18/h6-7,10H,1-5H3,(H2,16,17,18). The van der Waals surface area contributed by atoms with Crippen molar-refractivity contribution in [2.45, 2.75) is 51.0 Å². The van der Waals surface area contributed by atoms with E-state index in [0.29, 0.717) is 16.9 Å². The molecule has 1 unspecified atom stereocenters. The van der Waals surface area contributed by atoms with E-state index < -0.39 is 16.1 Å². The molecule has 5 nitrogen and oxygen atoms in total. The van der Waals surface area contributed by atoms with Crippen LogP contribution < -0.4 is 9.88 Å². The van der Waals surface area contributed by atoms with Gasteiger partial charge in [-0.2, -0.15) is 5.26 Å². The highest BCUT2D eigenvalue weighted by atomic mass is 32.2. The third-order valence-electron chi connectivity index (χ3n) is 2.88. The fraction of sp³-hybridized carbons (Fsp3) is 0.500. The fourth-order valence-corrected chi connectivity index (χ4v) is 2.66. The lowest BCUT2D eigenvalue weighted by Crippen LogP contribution is -2.20. The first-order valence-corrected chi connectivity index (χ1v) is 7.75. The van der Waals surface area contributed by atoms with Crippen LogP contribution in [0.1, 0.15) is 38.8 Å². The number of hydrogen-bond donors (Lipinski definition) is 1. The SMILES string of the molecule is Cc1cc(OC(C)C#N)c(C(C)(C)C)cc1S(N)(=O)=O. The third-order valence-corrected chi connectivity index (χ3v) is 3.93. The van der Waals surface area contributed by atoms with Crippen LogP contribution in [0.25, 0.3) is 0 Å². The lowest BCUT2D eigenvalue weighted by Gasteiger charge is -2.25. The van der Waals surface area contributed by atoms with E-state index in [9.17, 15) is 8.42 Å². The Bertz CT molecular complexity index is 652. The molecule has 0 saturated heterocycles. The van der Waals surface area contributed by atoms with Crippen LogP contribution >= 0.6 is 0 Å². The van der Waals surface area contributed by atoms with E-state index in [2.05, 4.69) is 0 Å². The normalized spacial score (nSPS) is 13.7. The predicted molar refractivity (Wildman–Crippen MR) is 77.0 cm³/mol. The molecule has 20 heavy (non-hydrogen) atoms. The monoisotopic (exact) mass is 296 g/mol. The van der Waals surface area contributed by atoms with Crippen molar-refractivity contribution in [3.63, 3.8) is 0 Å². The smallest absolute Gasteiger partial charge is 0.238 e. The zero-order valence-corrected chi connectivity index (χ0v) is 13.2. The van der Waals surface area contributed by atoms with Gasteiger partial charge in [0.25, 0.3) is 0 Å². The molecule has 2 N–H and O–H groups in total. The van der Waals surface area contributed by atoms with Crippen molar-refractivity contribution in [3.05, 3.63) is 23.3 Å². The predicted octanol–water partition coefficient (Wildman–Crippen LogP) is 2.23. The van der Waals surface area contributed by atoms with Gasteiger partial charge in [0.15, 0.2) is 6.10 Å². The minimum atomic E-state index is -3.79. The summed E-state index contributed by atoms with van der Waals surface area (Å²) in [5.74, 6) is 0.511. The van der Waals surface area contributed by atoms with Gasteiger partial charge in [0.2, 0.25) is 10.0 Å². The largest absolute Gasteiger partial charge is 0.476 e. The number of benzene rings is 1. The van der Waals surface area contributed by atoms with Gasteiger partial charge in [-0.15, -0.1) is 0 Å². The van der Waals surface area contributed by atoms with Gasteiger partial charge in [-0.25, -0.2) is 13.6 Å². The Hall–Kier alpha value is -1.58. The Morgan fingerprint density at radius 1 is 1.35 bits per heavy atom. The van der Waals surface area contributed by atoms with Crippen molar-refractivity contribution in [2.75, 3.05) is 0 Å². The first kappa shape index (κ1) is 16.5. The molecule has 1 aromatic rings. The van der Waals surface area contributed by atoms with E-state index in [-0.39, 0.29) is 10.3 Å². The Morgan fingerprint density at radius 3 is 2.30 bits per heavy atom. The molecule has 0 fully saturated rings. The van der Waals surface area contributed by atoms with Crippen molar-refractivity contribution in [1.29, 1.82) is 5.26 Å². The van der Waals surface area contributed by atoms with E-state index in [4.69, 9.17) is 15.1 Å². The summed E-state index contributed by atoms with van der Waals surface area (Å²) < 4.78 is 28.8. The van der Waals surface area contributed by atoms with Crippen LogP contribution in [0.5, 0.6) is 5.75 Å². The minimum Gasteiger partial charge on any atom is -0.476 e. The van der Waals surface area contributed by atoms with E-state index in [1.165, 1.54) is 6.07 Å². The maximum absolute atomic E-state index is 11.6. The molecule has 6 heteroatoms. The molecule has 0 aromatic heterocycles. The van der Waals surface area contributed by atoms with Crippen molar-refractivity contribution >= 4 is 10.0 Å². The van der Waals surface area contributed by atoms with Crippen LogP contribution in [0.3, 0.4) is 0 Å². The average Bonchev–Trinajstić information content (AvgIpc) is 2.25. The summed E-state index contributed by atoms with van der Waals surface area (Å²) in [6.45, 7) is 9.10. The van der Waals surface area contributed by atoms with E-state index in [1.807, 2.05) is 26.8 Å². The first-order valence-electron chi connectivity index (χ1n) is 6.21. The molecule has 110 valence electrons. The van der Waals surface area contributed by atoms with Crippen molar-refractivity contribution < 1.29 is 13.2 Å². The van der Waals surface area contributed by atoms with E-state index in [0.717, 1.165) is 0 Å². The maximum Gasteiger partial charge on any atom is 0.238 e. The molecular weight excluding hydrogens is 276 g/mol. The molecule has 0 bridgehead atoms. The quantitative estimate of drug-likeness (QED) is 0.925. The topological polar surface area (TPSA) is 93.2 Å². The van der Waals surface area contributed by atoms with Gasteiger partial charge < -0.3 is 4.74 Å². The van der Waals surface area contributed by atoms with Crippen LogP contribution in [0.2, 0.25) is 0 Å². The molecule has 0 saturated carbocycles. The van der Waals surface area contributed by atoms with Crippen LogP contribution in [0, 0.1) is 18.3 Å². The van der Waals surface area contributed by atoms with Crippen LogP contribution in [0.4, 0.5) is 0 Å². The molecule has 0 aliphatic carbocycles. The summed E-state index contributed by atoms with van der Waals surface area (Å²) >= 11 is 0. The Balaban J connectivity index is 3.55. The Kier molecular flexibility index (Phi) is 4.47. The van der Waals surface area contributed by atoms with Crippen molar-refractivity contribution in [3.8, 4) is 11.8 Å². The highest BCUT2D eigenvalue weighted by Crippen LogP contribution is 2.35. The zero-order valence-electron chi connectivity index (χ0n) is 12.4. The van der Waals surface area contributed by atoms with Crippen LogP contribution in [0.15, 0.2) is 17.0 Å². The van der Waals surface area contributed by atoms with Gasteiger partial charge in [-0.3, -0.25) is 0 Å². The van der Waals surface area contributed by atoms with Gasteiger partial charge >= 0.3 is 0 Å². The number of hydrogen-bond acceptors (Lipinski definition) is 4. The number of primary sulfonamides is 1. The van der Waals surface area contributed by atoms with Gasteiger partial charge in [-0.05, 0) is 37.0 Å². The molecular formula is C14H20N2O3S. The van der Waals surface area contributed by atoms with Crippen LogP contribution in [-0.2, 0) is 15.4 Å². The molecule has 0 radical (unpaired) electrons. The first-order chi connectivity index (χ1) is 8.96. The van der Waals surface area contributed by atoms with E-state index >= 15 is 0 Å². The average molecular weight is 296 g/mol. The number of ether oxygens (including phenoxy) is 1. The molecule has 0 aliphatic rings. The summed E-state index contributed by atoms with van der Waals surface area (Å²) in [4.78, 5) is 0.0828. The lowest BCUT2D eigenvalue weighted by atomic mass is 9.86. The summed E-state index contributed by atoms with van der Waals surface area (Å²) in [5, 5.41) is 14.1. The summed E-state index contributed by atoms with van der Waals surface area (Å²) in [5.41, 5.74) is 0.868. The molecule has 1 aromatic carbocycles. The summed E-state index contributed by atoms with van der Waals surface area (Å²) in [6, 6.07) is 5.14. The summed E-state index contributed by atoms with van der Waals surface area (Å²) in [6.07, 6.45) is -0.615. The second-order valence-corrected chi connectivity index (χ2v) is 7.33. The number of aryl methyl sites for hydroxylation is 1. The zero-order chi connectivity index (χ0) is 15.7. The molecule has 0 aliphatic heterocycles. The molecule has 1 rings (SSSR count). The van der Waals surface area contributed by atoms with Crippen LogP contribution in [-0.4, -0.2) is 14.5 Å². The lowest BCUT2D eigenvalue weighted by molar-refractivity contribution is 0.269. The third kappa shape index (κ3) is 3.71. The number of nitriles is 1. The van der Waals surface area contributed by atoms with E-state index in [1.54, 1.807) is 19.9 Å². The summed E-state index contributed by atoms with van der Waals surface area (Å²) in [7, 11) is -3.79.